The SMILES string of the molecule is CC(N)C#Cc1ccc2ccccc2c1. The van der Waals surface area contributed by atoms with Gasteiger partial charge in [0.1, 0.15) is 0 Å². The van der Waals surface area contributed by atoms with Gasteiger partial charge in [0.05, 0.1) is 6.04 Å². The summed E-state index contributed by atoms with van der Waals surface area (Å²) < 4.78 is 0. The fraction of sp³-hybridized carbons (Fsp3) is 0.143. The van der Waals surface area contributed by atoms with Crippen LogP contribution < -0.4 is 5.73 Å². The van der Waals surface area contributed by atoms with E-state index in [9.17, 15) is 0 Å². The molecule has 0 fully saturated rings. The highest BCUT2D eigenvalue weighted by Gasteiger charge is 1.92. The van der Waals surface area contributed by atoms with Gasteiger partial charge in [0.2, 0.25) is 0 Å². The predicted octanol–water partition coefficient (Wildman–Crippen LogP) is 2.54. The highest BCUT2D eigenvalue weighted by atomic mass is 14.6. The van der Waals surface area contributed by atoms with Crippen molar-refractivity contribution in [2.75, 3.05) is 0 Å². The monoisotopic (exact) mass is 195 g/mol. The molecule has 2 aromatic rings. The summed E-state index contributed by atoms with van der Waals surface area (Å²) in [4.78, 5) is 0. The summed E-state index contributed by atoms with van der Waals surface area (Å²) in [5.74, 6) is 6.02. The minimum Gasteiger partial charge on any atom is -0.318 e. The molecular weight excluding hydrogens is 182 g/mol. The minimum atomic E-state index is -0.0727. The van der Waals surface area contributed by atoms with E-state index in [1.807, 2.05) is 25.1 Å². The van der Waals surface area contributed by atoms with Crippen LogP contribution in [-0.4, -0.2) is 6.04 Å². The predicted molar refractivity (Wildman–Crippen MR) is 64.5 cm³/mol. The van der Waals surface area contributed by atoms with Crippen LogP contribution in [0.5, 0.6) is 0 Å². The van der Waals surface area contributed by atoms with Crippen molar-refractivity contribution >= 4 is 10.8 Å². The quantitative estimate of drug-likeness (QED) is 0.642. The molecular formula is C14H13N. The van der Waals surface area contributed by atoms with Gasteiger partial charge >= 0.3 is 0 Å². The molecule has 2 rings (SSSR count). The summed E-state index contributed by atoms with van der Waals surface area (Å²) in [5.41, 5.74) is 6.60. The molecule has 1 nitrogen and oxygen atoms in total. The lowest BCUT2D eigenvalue weighted by Gasteiger charge is -1.97. The fourth-order valence-electron chi connectivity index (χ4n) is 1.46. The van der Waals surface area contributed by atoms with Crippen molar-refractivity contribution < 1.29 is 0 Å². The van der Waals surface area contributed by atoms with Crippen LogP contribution in [0.3, 0.4) is 0 Å². The number of hydrogen-bond acceptors (Lipinski definition) is 1. The van der Waals surface area contributed by atoms with E-state index in [1.54, 1.807) is 0 Å². The van der Waals surface area contributed by atoms with Crippen molar-refractivity contribution in [3.63, 3.8) is 0 Å². The Morgan fingerprint density at radius 3 is 2.53 bits per heavy atom. The third kappa shape index (κ3) is 2.37. The van der Waals surface area contributed by atoms with Gasteiger partial charge in [0.25, 0.3) is 0 Å². The van der Waals surface area contributed by atoms with Crippen LogP contribution in [0.15, 0.2) is 42.5 Å². The number of nitrogens with two attached hydrogens (primary N) is 1. The number of hydrogen-bond donors (Lipinski definition) is 1. The third-order valence-electron chi connectivity index (χ3n) is 2.19. The average Bonchev–Trinajstić information content (AvgIpc) is 2.26. The molecule has 0 heterocycles. The summed E-state index contributed by atoms with van der Waals surface area (Å²) in [5, 5.41) is 2.46. The van der Waals surface area contributed by atoms with Gasteiger partial charge in [-0.1, -0.05) is 42.2 Å². The first-order chi connectivity index (χ1) is 7.25. The van der Waals surface area contributed by atoms with E-state index in [4.69, 9.17) is 5.73 Å². The van der Waals surface area contributed by atoms with E-state index in [0.29, 0.717) is 0 Å². The zero-order valence-electron chi connectivity index (χ0n) is 8.70. The second-order valence-electron chi connectivity index (χ2n) is 3.62. The standard InChI is InChI=1S/C14H13N/c1-11(15)6-7-12-8-9-13-4-2-3-5-14(13)10-12/h2-5,8-11H,15H2,1H3. The van der Waals surface area contributed by atoms with E-state index in [-0.39, 0.29) is 6.04 Å². The first kappa shape index (κ1) is 9.76. The van der Waals surface area contributed by atoms with Crippen molar-refractivity contribution in [3.05, 3.63) is 48.0 Å². The van der Waals surface area contributed by atoms with Crippen molar-refractivity contribution in [2.24, 2.45) is 5.73 Å². The smallest absolute Gasteiger partial charge is 0.0639 e. The Morgan fingerprint density at radius 2 is 1.80 bits per heavy atom. The van der Waals surface area contributed by atoms with Gasteiger partial charge < -0.3 is 5.73 Å². The molecule has 1 heteroatoms. The maximum atomic E-state index is 5.58. The van der Waals surface area contributed by atoms with Crippen LogP contribution in [0.25, 0.3) is 10.8 Å². The Bertz CT molecular complexity index is 530. The van der Waals surface area contributed by atoms with Gasteiger partial charge in [-0.25, -0.2) is 0 Å². The second-order valence-corrected chi connectivity index (χ2v) is 3.62. The highest BCUT2D eigenvalue weighted by molar-refractivity contribution is 5.83. The van der Waals surface area contributed by atoms with E-state index in [1.165, 1.54) is 10.8 Å². The average molecular weight is 195 g/mol. The molecule has 0 bridgehead atoms. The second kappa shape index (κ2) is 4.16. The van der Waals surface area contributed by atoms with E-state index in [0.717, 1.165) is 5.56 Å². The molecule has 0 aliphatic rings. The molecule has 0 saturated carbocycles. The molecule has 0 amide bonds. The molecule has 0 spiro atoms. The Balaban J connectivity index is 2.44. The Kier molecular flexibility index (Phi) is 2.71. The summed E-state index contributed by atoms with van der Waals surface area (Å²) in [7, 11) is 0. The molecule has 0 radical (unpaired) electrons. The van der Waals surface area contributed by atoms with Crippen molar-refractivity contribution in [3.8, 4) is 11.8 Å². The van der Waals surface area contributed by atoms with Crippen LogP contribution in [0.1, 0.15) is 12.5 Å². The molecule has 0 aromatic heterocycles. The lowest BCUT2D eigenvalue weighted by atomic mass is 10.1. The van der Waals surface area contributed by atoms with Gasteiger partial charge in [-0.05, 0) is 29.8 Å². The van der Waals surface area contributed by atoms with Gasteiger partial charge in [0.15, 0.2) is 0 Å². The number of benzene rings is 2. The van der Waals surface area contributed by atoms with Crippen molar-refractivity contribution in [1.82, 2.24) is 0 Å². The van der Waals surface area contributed by atoms with Gasteiger partial charge in [-0.15, -0.1) is 0 Å². The first-order valence-electron chi connectivity index (χ1n) is 5.01. The van der Waals surface area contributed by atoms with E-state index >= 15 is 0 Å². The lowest BCUT2D eigenvalue weighted by molar-refractivity contribution is 0.959. The zero-order valence-corrected chi connectivity index (χ0v) is 8.70. The third-order valence-corrected chi connectivity index (χ3v) is 2.19. The Hall–Kier alpha value is -1.78. The van der Waals surface area contributed by atoms with Crippen molar-refractivity contribution in [1.29, 1.82) is 0 Å². The van der Waals surface area contributed by atoms with Crippen LogP contribution in [0, 0.1) is 11.8 Å². The molecule has 2 N–H and O–H groups in total. The molecule has 1 unspecified atom stereocenters. The fourth-order valence-corrected chi connectivity index (χ4v) is 1.46. The molecule has 15 heavy (non-hydrogen) atoms. The molecule has 0 aliphatic carbocycles. The van der Waals surface area contributed by atoms with Crippen molar-refractivity contribution in [2.45, 2.75) is 13.0 Å². The Morgan fingerprint density at radius 1 is 1.07 bits per heavy atom. The highest BCUT2D eigenvalue weighted by Crippen LogP contribution is 2.14. The van der Waals surface area contributed by atoms with E-state index < -0.39 is 0 Å². The summed E-state index contributed by atoms with van der Waals surface area (Å²) in [6.07, 6.45) is 0. The van der Waals surface area contributed by atoms with Crippen LogP contribution in [0.2, 0.25) is 0 Å². The van der Waals surface area contributed by atoms with Gasteiger partial charge in [0, 0.05) is 5.56 Å². The molecule has 74 valence electrons. The minimum absolute atomic E-state index is 0.0727. The maximum absolute atomic E-state index is 5.58. The molecule has 0 aliphatic heterocycles. The molecule has 2 aromatic carbocycles. The molecule has 0 saturated heterocycles. The largest absolute Gasteiger partial charge is 0.318 e. The summed E-state index contributed by atoms with van der Waals surface area (Å²) in [6, 6.07) is 14.4. The molecule has 1 atom stereocenters. The van der Waals surface area contributed by atoms with Gasteiger partial charge in [-0.2, -0.15) is 0 Å². The van der Waals surface area contributed by atoms with E-state index in [2.05, 4.69) is 36.1 Å². The van der Waals surface area contributed by atoms with Crippen LogP contribution in [-0.2, 0) is 0 Å². The summed E-state index contributed by atoms with van der Waals surface area (Å²) in [6.45, 7) is 1.88. The normalized spacial score (nSPS) is 11.9. The Labute approximate surface area is 89.9 Å². The van der Waals surface area contributed by atoms with Crippen LogP contribution >= 0.6 is 0 Å². The van der Waals surface area contributed by atoms with Gasteiger partial charge in [-0.3, -0.25) is 0 Å². The number of fused-ring (bicyclic) bond motifs is 1. The lowest BCUT2D eigenvalue weighted by Crippen LogP contribution is -2.10. The summed E-state index contributed by atoms with van der Waals surface area (Å²) >= 11 is 0. The first-order valence-corrected chi connectivity index (χ1v) is 5.01. The number of rotatable bonds is 0. The zero-order chi connectivity index (χ0) is 10.7. The topological polar surface area (TPSA) is 26.0 Å². The maximum Gasteiger partial charge on any atom is 0.0639 e. The van der Waals surface area contributed by atoms with Crippen LogP contribution in [0.4, 0.5) is 0 Å².